The molecule has 0 spiro atoms. The van der Waals surface area contributed by atoms with Gasteiger partial charge in [-0.25, -0.2) is 8.42 Å². The van der Waals surface area contributed by atoms with Crippen LogP contribution in [0.1, 0.15) is 53.4 Å². The summed E-state index contributed by atoms with van der Waals surface area (Å²) in [6.07, 6.45) is 5.36. The van der Waals surface area contributed by atoms with Crippen LogP contribution < -0.4 is 5.32 Å². The summed E-state index contributed by atoms with van der Waals surface area (Å²) in [6, 6.07) is 0. The normalized spacial score (nSPS) is 11.4. The maximum absolute atomic E-state index is 11.4. The number of carbonyl (C=O) groups is 1. The number of nitrogens with one attached hydrogen (secondary N) is 1. The molecular weight excluding hydrogens is 328 g/mol. The van der Waals surface area contributed by atoms with Crippen LogP contribution >= 0.6 is 0 Å². The minimum absolute atomic E-state index is 0.0143. The molecule has 0 aliphatic carbocycles. The van der Waals surface area contributed by atoms with E-state index in [-0.39, 0.29) is 5.91 Å². The first-order chi connectivity index (χ1) is 11.0. The highest BCUT2D eigenvalue weighted by molar-refractivity contribution is 7.84. The maximum atomic E-state index is 11.4. The van der Waals surface area contributed by atoms with Crippen LogP contribution in [0.5, 0.6) is 0 Å². The fourth-order valence-corrected chi connectivity index (χ4v) is 2.86. The van der Waals surface area contributed by atoms with Gasteiger partial charge in [-0.15, -0.1) is 0 Å². The first kappa shape index (κ1) is 25.3. The molecule has 0 atom stereocenters. The number of hydrogen-bond donors (Lipinski definition) is 1. The molecule has 0 unspecified atom stereocenters. The van der Waals surface area contributed by atoms with Crippen molar-refractivity contribution < 1.29 is 22.2 Å². The fraction of sp³-hybridized carbons (Fsp3) is 0.824. The summed E-state index contributed by atoms with van der Waals surface area (Å²) in [5, 5.41) is 2.93. The van der Waals surface area contributed by atoms with Crippen LogP contribution in [0.4, 0.5) is 0 Å². The van der Waals surface area contributed by atoms with Crippen molar-refractivity contribution >= 4 is 16.0 Å². The lowest BCUT2D eigenvalue weighted by Gasteiger charge is -2.38. The largest absolute Gasteiger partial charge is 0.748 e. The average molecular weight is 365 g/mol. The Kier molecular flexibility index (Phi) is 14.1. The average Bonchev–Trinajstić information content (AvgIpc) is 2.42. The summed E-state index contributed by atoms with van der Waals surface area (Å²) in [4.78, 5) is 11.4. The number of amides is 1. The molecule has 0 rings (SSSR count). The van der Waals surface area contributed by atoms with Gasteiger partial charge in [0.25, 0.3) is 0 Å². The Hall–Kier alpha value is -0.920. The monoisotopic (exact) mass is 364 g/mol. The number of carbonyl (C=O) groups excluding carboxylic acids is 1. The molecule has 0 bridgehead atoms. The first-order valence-electron chi connectivity index (χ1n) is 8.71. The molecular formula is C17H36N2O4S. The van der Waals surface area contributed by atoms with Crippen molar-refractivity contribution in [1.82, 2.24) is 5.32 Å². The Bertz CT molecular complexity index is 436. The Morgan fingerprint density at radius 1 is 1.04 bits per heavy atom. The zero-order valence-corrected chi connectivity index (χ0v) is 16.9. The van der Waals surface area contributed by atoms with Crippen molar-refractivity contribution in [3.63, 3.8) is 0 Å². The highest BCUT2D eigenvalue weighted by Gasteiger charge is 2.23. The molecule has 0 aliphatic rings. The van der Waals surface area contributed by atoms with Crippen molar-refractivity contribution in [1.29, 1.82) is 0 Å². The van der Waals surface area contributed by atoms with Crippen LogP contribution in [0, 0.1) is 0 Å². The summed E-state index contributed by atoms with van der Waals surface area (Å²) in [6.45, 7) is 17.9. The number of hydrogen-bond acceptors (Lipinski definition) is 4. The van der Waals surface area contributed by atoms with Crippen molar-refractivity contribution in [3.05, 3.63) is 12.2 Å². The lowest BCUT2D eigenvalue weighted by Crippen LogP contribution is -2.51. The lowest BCUT2D eigenvalue weighted by molar-refractivity contribution is -0.928. The van der Waals surface area contributed by atoms with Gasteiger partial charge < -0.3 is 14.4 Å². The molecule has 1 N–H and O–H groups in total. The van der Waals surface area contributed by atoms with Crippen molar-refractivity contribution in [2.24, 2.45) is 0 Å². The summed E-state index contributed by atoms with van der Waals surface area (Å²) in [5.41, 5.74) is 0.594. The minimum Gasteiger partial charge on any atom is -0.748 e. The summed E-state index contributed by atoms with van der Waals surface area (Å²) in [7, 11) is -3.92. The van der Waals surface area contributed by atoms with Crippen LogP contribution in [0.15, 0.2) is 12.2 Å². The summed E-state index contributed by atoms with van der Waals surface area (Å²) >= 11 is 0. The van der Waals surface area contributed by atoms with Crippen LogP contribution in [-0.4, -0.2) is 62.3 Å². The van der Waals surface area contributed by atoms with E-state index < -0.39 is 10.1 Å². The van der Waals surface area contributed by atoms with Crippen LogP contribution in [0.2, 0.25) is 0 Å². The molecule has 0 aromatic carbocycles. The Balaban J connectivity index is 0. The zero-order valence-electron chi connectivity index (χ0n) is 16.1. The molecule has 0 fully saturated rings. The van der Waals surface area contributed by atoms with E-state index >= 15 is 0 Å². The zero-order chi connectivity index (χ0) is 19.2. The van der Waals surface area contributed by atoms with E-state index in [9.17, 15) is 4.79 Å². The molecule has 24 heavy (non-hydrogen) atoms. The highest BCUT2D eigenvalue weighted by Crippen LogP contribution is 2.12. The van der Waals surface area contributed by atoms with Crippen molar-refractivity contribution in [3.8, 4) is 0 Å². The van der Waals surface area contributed by atoms with Gasteiger partial charge in [0.15, 0.2) is 0 Å². The molecule has 0 saturated carbocycles. The highest BCUT2D eigenvalue weighted by atomic mass is 32.2. The third kappa shape index (κ3) is 16.0. The Labute approximate surface area is 148 Å². The fourth-order valence-electron chi connectivity index (χ4n) is 2.86. The van der Waals surface area contributed by atoms with Gasteiger partial charge in [0.05, 0.1) is 36.3 Å². The standard InChI is InChI=1S/C16H32N2O.CH4O3S/c1-6-11-18(12-7-2,13-8-3)14-9-10-17-16(19)15(4)5;1-5(2,3)4/h4,6-14H2,1-3,5H3;1H3,(H,2,3,4). The minimum atomic E-state index is -3.92. The third-order valence-electron chi connectivity index (χ3n) is 3.58. The lowest BCUT2D eigenvalue weighted by atomic mass is 10.2. The first-order valence-corrected chi connectivity index (χ1v) is 10.5. The predicted octanol–water partition coefficient (Wildman–Crippen LogP) is 2.28. The van der Waals surface area contributed by atoms with Gasteiger partial charge in [0, 0.05) is 24.8 Å². The predicted molar refractivity (Wildman–Crippen MR) is 98.7 cm³/mol. The molecule has 0 radical (unpaired) electrons. The van der Waals surface area contributed by atoms with Crippen LogP contribution in [0.25, 0.3) is 0 Å². The Morgan fingerprint density at radius 2 is 1.42 bits per heavy atom. The van der Waals surface area contributed by atoms with E-state index in [1.54, 1.807) is 6.92 Å². The SMILES string of the molecule is C=C(C)C(=O)NCCC[N+](CCC)(CCC)CCC.CS(=O)(=O)[O-]. The van der Waals surface area contributed by atoms with Gasteiger partial charge in [0.2, 0.25) is 5.91 Å². The third-order valence-corrected chi connectivity index (χ3v) is 3.58. The van der Waals surface area contributed by atoms with Crippen LogP contribution in [-0.2, 0) is 14.9 Å². The molecule has 7 heteroatoms. The maximum Gasteiger partial charge on any atom is 0.246 e. The van der Waals surface area contributed by atoms with Gasteiger partial charge in [-0.1, -0.05) is 27.4 Å². The van der Waals surface area contributed by atoms with E-state index in [4.69, 9.17) is 13.0 Å². The van der Waals surface area contributed by atoms with E-state index in [1.165, 1.54) is 49.9 Å². The second-order valence-electron chi connectivity index (χ2n) is 6.33. The topological polar surface area (TPSA) is 86.3 Å². The van der Waals surface area contributed by atoms with E-state index in [0.29, 0.717) is 11.8 Å². The molecule has 144 valence electrons. The molecule has 0 saturated heterocycles. The van der Waals surface area contributed by atoms with Crippen molar-refractivity contribution in [2.75, 3.05) is 39.0 Å². The number of rotatable bonds is 11. The van der Waals surface area contributed by atoms with E-state index in [1.807, 2.05) is 0 Å². The Morgan fingerprint density at radius 3 is 1.71 bits per heavy atom. The molecule has 0 aliphatic heterocycles. The number of quaternary nitrogens is 1. The second-order valence-corrected chi connectivity index (χ2v) is 7.74. The molecule has 0 aromatic heterocycles. The van der Waals surface area contributed by atoms with Gasteiger partial charge in [0.1, 0.15) is 0 Å². The quantitative estimate of drug-likeness (QED) is 0.264. The summed E-state index contributed by atoms with van der Waals surface area (Å²) < 4.78 is 28.4. The van der Waals surface area contributed by atoms with Gasteiger partial charge in [-0.2, -0.15) is 0 Å². The van der Waals surface area contributed by atoms with Gasteiger partial charge in [-0.3, -0.25) is 4.79 Å². The van der Waals surface area contributed by atoms with Gasteiger partial charge >= 0.3 is 0 Å². The van der Waals surface area contributed by atoms with E-state index in [0.717, 1.165) is 13.0 Å². The number of nitrogens with zero attached hydrogens (tertiary/aromatic N) is 1. The molecule has 1 amide bonds. The smallest absolute Gasteiger partial charge is 0.246 e. The molecule has 0 aromatic rings. The second kappa shape index (κ2) is 13.4. The summed E-state index contributed by atoms with van der Waals surface area (Å²) in [5.74, 6) is -0.0143. The molecule has 0 heterocycles. The molecule has 6 nitrogen and oxygen atoms in total. The van der Waals surface area contributed by atoms with Crippen molar-refractivity contribution in [2.45, 2.75) is 53.4 Å². The van der Waals surface area contributed by atoms with E-state index in [2.05, 4.69) is 32.7 Å². The van der Waals surface area contributed by atoms with Crippen LogP contribution in [0.3, 0.4) is 0 Å². The van der Waals surface area contributed by atoms with Gasteiger partial charge in [-0.05, 0) is 26.2 Å².